The summed E-state index contributed by atoms with van der Waals surface area (Å²) in [4.78, 5) is 24.7. The molecule has 0 aromatic carbocycles. The maximum Gasteiger partial charge on any atom is 0.343 e. The molecule has 124 valence electrons. The highest BCUT2D eigenvalue weighted by molar-refractivity contribution is 5.91. The van der Waals surface area contributed by atoms with E-state index in [4.69, 9.17) is 9.47 Å². The van der Waals surface area contributed by atoms with Gasteiger partial charge in [0.25, 0.3) is 5.78 Å². The molecule has 0 fully saturated rings. The normalized spacial score (nSPS) is 10.8. The van der Waals surface area contributed by atoms with E-state index < -0.39 is 5.97 Å². The lowest BCUT2D eigenvalue weighted by atomic mass is 10.2. The predicted molar refractivity (Wildman–Crippen MR) is 84.9 cm³/mol. The second kappa shape index (κ2) is 7.03. The molecule has 0 bridgehead atoms. The third-order valence-electron chi connectivity index (χ3n) is 3.35. The van der Waals surface area contributed by atoms with Gasteiger partial charge in [0.2, 0.25) is 5.88 Å². The van der Waals surface area contributed by atoms with Crippen molar-refractivity contribution in [3.63, 3.8) is 0 Å². The summed E-state index contributed by atoms with van der Waals surface area (Å²) >= 11 is 0. The van der Waals surface area contributed by atoms with Gasteiger partial charge in [0.1, 0.15) is 5.56 Å². The maximum atomic E-state index is 12.1. The molecule has 3 aromatic heterocycles. The van der Waals surface area contributed by atoms with Crippen LogP contribution in [0.1, 0.15) is 28.3 Å². The van der Waals surface area contributed by atoms with Gasteiger partial charge in [-0.2, -0.15) is 4.98 Å². The van der Waals surface area contributed by atoms with E-state index >= 15 is 0 Å². The number of carbonyl (C=O) groups excluding carboxylic acids is 1. The van der Waals surface area contributed by atoms with E-state index in [-0.39, 0.29) is 12.5 Å². The standard InChI is InChI=1S/C16H17N5O3/c1-11-6-7-12(14(18-11)23-2)15(22)24-10-3-5-13-19-16-17-8-4-9-21(16)20-13/h4,6-9H,3,5,10H2,1-2H3. The lowest BCUT2D eigenvalue weighted by Gasteiger charge is -2.08. The second-order valence-electron chi connectivity index (χ2n) is 5.14. The van der Waals surface area contributed by atoms with E-state index in [2.05, 4.69) is 20.1 Å². The molecule has 0 amide bonds. The van der Waals surface area contributed by atoms with Crippen LogP contribution in [0.4, 0.5) is 0 Å². The van der Waals surface area contributed by atoms with Crippen LogP contribution in [0.25, 0.3) is 5.78 Å². The highest BCUT2D eigenvalue weighted by Crippen LogP contribution is 2.16. The molecule has 0 aliphatic carbocycles. The fourth-order valence-electron chi connectivity index (χ4n) is 2.20. The van der Waals surface area contributed by atoms with Crippen molar-refractivity contribution in [1.29, 1.82) is 0 Å². The fourth-order valence-corrected chi connectivity index (χ4v) is 2.20. The van der Waals surface area contributed by atoms with Gasteiger partial charge < -0.3 is 9.47 Å². The minimum atomic E-state index is -0.455. The van der Waals surface area contributed by atoms with E-state index in [1.165, 1.54) is 7.11 Å². The Bertz CT molecular complexity index is 829. The Labute approximate surface area is 138 Å². The van der Waals surface area contributed by atoms with Gasteiger partial charge in [-0.15, -0.1) is 5.10 Å². The summed E-state index contributed by atoms with van der Waals surface area (Å²) in [5.74, 6) is 1.04. The predicted octanol–water partition coefficient (Wildman–Crippen LogP) is 1.63. The van der Waals surface area contributed by atoms with E-state index in [0.717, 1.165) is 5.69 Å². The van der Waals surface area contributed by atoms with Gasteiger partial charge in [-0.1, -0.05) is 0 Å². The van der Waals surface area contributed by atoms with Crippen LogP contribution < -0.4 is 4.74 Å². The number of esters is 1. The summed E-state index contributed by atoms with van der Waals surface area (Å²) in [6.07, 6.45) is 4.66. The van der Waals surface area contributed by atoms with Gasteiger partial charge in [-0.05, 0) is 31.5 Å². The van der Waals surface area contributed by atoms with Crippen molar-refractivity contribution in [2.45, 2.75) is 19.8 Å². The topological polar surface area (TPSA) is 91.5 Å². The number of rotatable bonds is 6. The molecular formula is C16H17N5O3. The van der Waals surface area contributed by atoms with E-state index in [9.17, 15) is 4.79 Å². The van der Waals surface area contributed by atoms with Crippen LogP contribution >= 0.6 is 0 Å². The zero-order valence-corrected chi connectivity index (χ0v) is 13.5. The average molecular weight is 327 g/mol. The van der Waals surface area contributed by atoms with Crippen molar-refractivity contribution in [2.24, 2.45) is 0 Å². The molecule has 8 heteroatoms. The van der Waals surface area contributed by atoms with Crippen LogP contribution in [0, 0.1) is 6.92 Å². The molecule has 0 aliphatic heterocycles. The number of carbonyl (C=O) groups is 1. The molecule has 0 saturated heterocycles. The lowest BCUT2D eigenvalue weighted by molar-refractivity contribution is 0.0495. The Balaban J connectivity index is 1.53. The molecule has 3 heterocycles. The maximum absolute atomic E-state index is 12.1. The Morgan fingerprint density at radius 1 is 1.29 bits per heavy atom. The molecule has 8 nitrogen and oxygen atoms in total. The Kier molecular flexibility index (Phi) is 4.64. The van der Waals surface area contributed by atoms with E-state index in [1.54, 1.807) is 35.1 Å². The zero-order chi connectivity index (χ0) is 16.9. The van der Waals surface area contributed by atoms with Gasteiger partial charge in [0.15, 0.2) is 5.82 Å². The smallest absolute Gasteiger partial charge is 0.343 e. The first-order chi connectivity index (χ1) is 11.7. The molecule has 3 rings (SSSR count). The number of fused-ring (bicyclic) bond motifs is 1. The Morgan fingerprint density at radius 2 is 2.17 bits per heavy atom. The quantitative estimate of drug-likeness (QED) is 0.502. The van der Waals surface area contributed by atoms with Crippen molar-refractivity contribution in [3.8, 4) is 5.88 Å². The molecular weight excluding hydrogens is 310 g/mol. The van der Waals surface area contributed by atoms with Crippen LogP contribution in [0.2, 0.25) is 0 Å². The minimum absolute atomic E-state index is 0.263. The molecule has 3 aromatic rings. The lowest BCUT2D eigenvalue weighted by Crippen LogP contribution is -2.10. The van der Waals surface area contributed by atoms with Gasteiger partial charge in [0.05, 0.1) is 13.7 Å². The van der Waals surface area contributed by atoms with Crippen molar-refractivity contribution >= 4 is 11.7 Å². The third-order valence-corrected chi connectivity index (χ3v) is 3.35. The van der Waals surface area contributed by atoms with Crippen LogP contribution in [-0.4, -0.2) is 44.3 Å². The number of pyridine rings is 1. The van der Waals surface area contributed by atoms with Crippen molar-refractivity contribution in [3.05, 3.63) is 47.7 Å². The molecule has 0 radical (unpaired) electrons. The van der Waals surface area contributed by atoms with Crippen molar-refractivity contribution in [2.75, 3.05) is 13.7 Å². The Morgan fingerprint density at radius 3 is 2.96 bits per heavy atom. The number of ether oxygens (including phenoxy) is 2. The number of methoxy groups -OCH3 is 1. The molecule has 24 heavy (non-hydrogen) atoms. The number of aromatic nitrogens is 5. The van der Waals surface area contributed by atoms with Gasteiger partial charge in [-0.25, -0.2) is 19.3 Å². The zero-order valence-electron chi connectivity index (χ0n) is 13.5. The highest BCUT2D eigenvalue weighted by atomic mass is 16.5. The first-order valence-corrected chi connectivity index (χ1v) is 7.52. The molecule has 0 aliphatic rings. The molecule has 0 N–H and O–H groups in total. The van der Waals surface area contributed by atoms with Crippen molar-refractivity contribution < 1.29 is 14.3 Å². The third kappa shape index (κ3) is 3.48. The van der Waals surface area contributed by atoms with E-state index in [1.807, 2.05) is 6.92 Å². The van der Waals surface area contributed by atoms with E-state index in [0.29, 0.717) is 30.0 Å². The summed E-state index contributed by atoms with van der Waals surface area (Å²) in [7, 11) is 1.47. The SMILES string of the molecule is COc1nc(C)ccc1C(=O)OCCCc1nc2ncccn2n1. The number of nitrogens with zero attached hydrogens (tertiary/aromatic N) is 5. The number of hydrogen-bond donors (Lipinski definition) is 0. The van der Waals surface area contributed by atoms with Gasteiger partial charge >= 0.3 is 5.97 Å². The number of aryl methyl sites for hydroxylation is 2. The van der Waals surface area contributed by atoms with Crippen LogP contribution in [-0.2, 0) is 11.2 Å². The first kappa shape index (κ1) is 15.9. The second-order valence-corrected chi connectivity index (χ2v) is 5.14. The van der Waals surface area contributed by atoms with Gasteiger partial charge in [0, 0.05) is 24.5 Å². The molecule has 0 spiro atoms. The molecule has 0 saturated carbocycles. The average Bonchev–Trinajstić information content (AvgIpc) is 3.01. The monoisotopic (exact) mass is 327 g/mol. The summed E-state index contributed by atoms with van der Waals surface area (Å²) in [6, 6.07) is 5.18. The summed E-state index contributed by atoms with van der Waals surface area (Å²) in [5, 5.41) is 4.30. The van der Waals surface area contributed by atoms with Crippen molar-refractivity contribution in [1.82, 2.24) is 24.6 Å². The Hall–Kier alpha value is -3.03. The largest absolute Gasteiger partial charge is 0.480 e. The van der Waals surface area contributed by atoms with Crippen LogP contribution in [0.15, 0.2) is 30.6 Å². The minimum Gasteiger partial charge on any atom is -0.480 e. The summed E-state index contributed by atoms with van der Waals surface area (Å²) < 4.78 is 12.0. The highest BCUT2D eigenvalue weighted by Gasteiger charge is 2.15. The summed E-state index contributed by atoms with van der Waals surface area (Å²) in [6.45, 7) is 2.09. The first-order valence-electron chi connectivity index (χ1n) is 7.52. The van der Waals surface area contributed by atoms with Crippen LogP contribution in [0.5, 0.6) is 5.88 Å². The number of hydrogen-bond acceptors (Lipinski definition) is 7. The summed E-state index contributed by atoms with van der Waals surface area (Å²) in [5.41, 5.74) is 1.09. The van der Waals surface area contributed by atoms with Crippen LogP contribution in [0.3, 0.4) is 0 Å². The fraction of sp³-hybridized carbons (Fsp3) is 0.312. The molecule has 0 atom stereocenters. The molecule has 0 unspecified atom stereocenters. The van der Waals surface area contributed by atoms with Gasteiger partial charge in [-0.3, -0.25) is 0 Å².